The van der Waals surface area contributed by atoms with Crippen LogP contribution in [0.4, 0.5) is 0 Å². The highest BCUT2D eigenvalue weighted by molar-refractivity contribution is 5.75. The van der Waals surface area contributed by atoms with E-state index < -0.39 is 0 Å². The van der Waals surface area contributed by atoms with Crippen molar-refractivity contribution in [3.05, 3.63) is 0 Å². The predicted molar refractivity (Wildman–Crippen MR) is 325 cm³/mol. The van der Waals surface area contributed by atoms with E-state index >= 15 is 0 Å². The highest BCUT2D eigenvalue weighted by Gasteiger charge is 2.20. The molecule has 0 heterocycles. The Morgan fingerprint density at radius 3 is 0.918 bits per heavy atom. The first-order chi connectivity index (χ1) is 36.0. The molecule has 0 rings (SSSR count). The lowest BCUT2D eigenvalue weighted by Crippen LogP contribution is -2.32. The van der Waals surface area contributed by atoms with Gasteiger partial charge < -0.3 is 19.7 Å². The summed E-state index contributed by atoms with van der Waals surface area (Å²) in [6.07, 6.45) is 67.8. The van der Waals surface area contributed by atoms with Crippen LogP contribution in [0.1, 0.15) is 362 Å². The molecule has 0 saturated heterocycles. The Morgan fingerprint density at radius 1 is 0.342 bits per heavy atom. The molecule has 2 atom stereocenters. The summed E-state index contributed by atoms with van der Waals surface area (Å²) >= 11 is 0. The van der Waals surface area contributed by atoms with Gasteiger partial charge in [0, 0.05) is 19.0 Å². The Labute approximate surface area is 459 Å². The molecule has 6 nitrogen and oxygen atoms in total. The van der Waals surface area contributed by atoms with E-state index in [-0.39, 0.29) is 11.9 Å². The smallest absolute Gasteiger partial charge is 0.308 e. The van der Waals surface area contributed by atoms with Crippen molar-refractivity contribution in [1.29, 1.82) is 5.41 Å². The maximum absolute atomic E-state index is 13.2. The van der Waals surface area contributed by atoms with Crippen molar-refractivity contribution in [1.82, 2.24) is 10.2 Å². The van der Waals surface area contributed by atoms with Crippen molar-refractivity contribution in [2.24, 2.45) is 11.8 Å². The van der Waals surface area contributed by atoms with E-state index in [1.807, 2.05) is 0 Å². The molecule has 73 heavy (non-hydrogen) atoms. The van der Waals surface area contributed by atoms with Gasteiger partial charge in [0.05, 0.1) is 19.1 Å². The zero-order valence-electron chi connectivity index (χ0n) is 50.8. The van der Waals surface area contributed by atoms with Gasteiger partial charge in [-0.2, -0.15) is 0 Å². The average Bonchev–Trinajstić information content (AvgIpc) is 3.39. The van der Waals surface area contributed by atoms with E-state index in [9.17, 15) is 4.79 Å². The maximum atomic E-state index is 13.2. The van der Waals surface area contributed by atoms with E-state index in [1.54, 1.807) is 0 Å². The van der Waals surface area contributed by atoms with Crippen LogP contribution in [0.25, 0.3) is 0 Å². The normalized spacial score (nSPS) is 12.5. The molecule has 0 radical (unpaired) electrons. The highest BCUT2D eigenvalue weighted by Crippen LogP contribution is 2.24. The standard InChI is InChI=1S/C67H135N3O3/c1-6-10-14-18-22-25-26-33-41-49-57-65(56-48-40-32-24-20-16-12-8-3)67(71)73-63-53-45-36-28-27-34-42-50-59-70(61-58-69-5)60-51-43-35-29-37-44-52-62-72-66(68)64(54-46-38-30-21-17-13-9-4)55-47-39-31-23-19-15-11-7-2/h64-65,68-69H,6-63H2,1-5H3. The minimum absolute atomic E-state index is 0.106. The van der Waals surface area contributed by atoms with Crippen molar-refractivity contribution < 1.29 is 14.3 Å². The number of carbonyl (C=O) groups excluding carboxylic acids is 1. The Morgan fingerprint density at radius 2 is 0.603 bits per heavy atom. The fraction of sp³-hybridized carbons (Fsp3) is 0.970. The number of likely N-dealkylation sites (N-methyl/N-ethyl adjacent to an activating group) is 1. The average molecular weight is 1030 g/mol. The minimum atomic E-state index is 0.106. The second-order valence-electron chi connectivity index (χ2n) is 23.4. The number of ether oxygens (including phenoxy) is 2. The molecule has 0 aromatic rings. The molecular formula is C67H135N3O3. The van der Waals surface area contributed by atoms with Crippen LogP contribution < -0.4 is 5.32 Å². The zero-order valence-corrected chi connectivity index (χ0v) is 50.8. The Bertz CT molecular complexity index is 1070. The summed E-state index contributed by atoms with van der Waals surface area (Å²) in [6, 6.07) is 0. The van der Waals surface area contributed by atoms with Gasteiger partial charge in [0.25, 0.3) is 0 Å². The van der Waals surface area contributed by atoms with Crippen molar-refractivity contribution in [2.45, 2.75) is 362 Å². The molecule has 0 aliphatic rings. The Hall–Kier alpha value is -1.14. The Kier molecular flexibility index (Phi) is 60.7. The topological polar surface area (TPSA) is 74.6 Å². The van der Waals surface area contributed by atoms with Crippen molar-refractivity contribution in [2.75, 3.05) is 46.4 Å². The number of nitrogens with one attached hydrogen (secondary N) is 2. The number of nitrogens with zero attached hydrogens (tertiary/aromatic N) is 1. The first-order valence-corrected chi connectivity index (χ1v) is 33.8. The summed E-state index contributed by atoms with van der Waals surface area (Å²) < 4.78 is 12.1. The molecule has 0 bridgehead atoms. The first-order valence-electron chi connectivity index (χ1n) is 33.8. The van der Waals surface area contributed by atoms with Crippen molar-refractivity contribution in [3.8, 4) is 0 Å². The number of hydrogen-bond donors (Lipinski definition) is 2. The number of hydrogen-bond acceptors (Lipinski definition) is 6. The zero-order chi connectivity index (χ0) is 53.0. The van der Waals surface area contributed by atoms with Crippen LogP contribution in [-0.2, 0) is 14.3 Å². The summed E-state index contributed by atoms with van der Waals surface area (Å²) in [5.74, 6) is 1.16. The lowest BCUT2D eigenvalue weighted by Gasteiger charge is -2.22. The van der Waals surface area contributed by atoms with Crippen LogP contribution in [0.2, 0.25) is 0 Å². The van der Waals surface area contributed by atoms with Crippen LogP contribution in [0, 0.1) is 17.2 Å². The molecule has 2 N–H and O–H groups in total. The molecule has 0 aromatic carbocycles. The second-order valence-corrected chi connectivity index (χ2v) is 23.4. The van der Waals surface area contributed by atoms with E-state index in [0.29, 0.717) is 18.4 Å². The van der Waals surface area contributed by atoms with Gasteiger partial charge in [0.1, 0.15) is 0 Å². The monoisotopic (exact) mass is 1030 g/mol. The van der Waals surface area contributed by atoms with Crippen molar-refractivity contribution >= 4 is 11.9 Å². The van der Waals surface area contributed by atoms with Crippen LogP contribution in [0.3, 0.4) is 0 Å². The first kappa shape index (κ1) is 71.9. The number of esters is 1. The molecule has 2 unspecified atom stereocenters. The third-order valence-electron chi connectivity index (χ3n) is 16.2. The molecule has 436 valence electrons. The molecule has 0 amide bonds. The quantitative estimate of drug-likeness (QED) is 0.0275. The summed E-state index contributed by atoms with van der Waals surface area (Å²) in [5.41, 5.74) is 0. The molecule has 0 saturated carbocycles. The minimum Gasteiger partial charge on any atom is -0.481 e. The molecule has 0 aromatic heterocycles. The fourth-order valence-electron chi connectivity index (χ4n) is 11.1. The number of rotatable bonds is 63. The highest BCUT2D eigenvalue weighted by atomic mass is 16.5. The van der Waals surface area contributed by atoms with Gasteiger partial charge in [-0.15, -0.1) is 0 Å². The third-order valence-corrected chi connectivity index (χ3v) is 16.2. The summed E-state index contributed by atoms with van der Waals surface area (Å²) in [5, 5.41) is 12.2. The van der Waals surface area contributed by atoms with Gasteiger partial charge in [0.2, 0.25) is 0 Å². The third kappa shape index (κ3) is 54.0. The molecule has 0 fully saturated rings. The largest absolute Gasteiger partial charge is 0.481 e. The number of carbonyl (C=O) groups is 1. The van der Waals surface area contributed by atoms with Gasteiger partial charge in [-0.1, -0.05) is 310 Å². The summed E-state index contributed by atoms with van der Waals surface area (Å²) in [7, 11) is 2.08. The van der Waals surface area contributed by atoms with Crippen molar-refractivity contribution in [3.63, 3.8) is 0 Å². The molecule has 0 spiro atoms. The number of unbranched alkanes of at least 4 members (excludes halogenated alkanes) is 42. The van der Waals surface area contributed by atoms with Gasteiger partial charge in [-0.3, -0.25) is 10.2 Å². The summed E-state index contributed by atoms with van der Waals surface area (Å²) in [4.78, 5) is 15.9. The SMILES string of the molecule is CCCCCCCCCCCCC(CCCCCCCCCC)C(=O)OCCCCCCCCCCN(CCCCCCCCCOC(=N)C(CCCCCCCCC)CCCCCCCCCC)CCNC. The lowest BCUT2D eigenvalue weighted by atomic mass is 9.93. The van der Waals surface area contributed by atoms with Crippen LogP contribution >= 0.6 is 0 Å². The Balaban J connectivity index is 4.22. The molecule has 6 heteroatoms. The van der Waals surface area contributed by atoms with E-state index in [1.165, 1.54) is 308 Å². The predicted octanol–water partition coefficient (Wildman–Crippen LogP) is 21.6. The van der Waals surface area contributed by atoms with E-state index in [2.05, 4.69) is 45.0 Å². The van der Waals surface area contributed by atoms with E-state index in [0.717, 1.165) is 58.2 Å². The van der Waals surface area contributed by atoms with Crippen LogP contribution in [0.5, 0.6) is 0 Å². The van der Waals surface area contributed by atoms with Gasteiger partial charge in [-0.25, -0.2) is 0 Å². The molecular weight excluding hydrogens is 895 g/mol. The molecule has 0 aliphatic heterocycles. The lowest BCUT2D eigenvalue weighted by molar-refractivity contribution is -0.149. The van der Waals surface area contributed by atoms with Gasteiger partial charge >= 0.3 is 5.97 Å². The van der Waals surface area contributed by atoms with Gasteiger partial charge in [-0.05, 0) is 71.5 Å². The van der Waals surface area contributed by atoms with Crippen LogP contribution in [-0.4, -0.2) is 63.2 Å². The van der Waals surface area contributed by atoms with Gasteiger partial charge in [0.15, 0.2) is 5.90 Å². The second kappa shape index (κ2) is 61.7. The maximum Gasteiger partial charge on any atom is 0.308 e. The van der Waals surface area contributed by atoms with E-state index in [4.69, 9.17) is 14.9 Å². The summed E-state index contributed by atoms with van der Waals surface area (Å²) in [6.45, 7) is 15.2. The molecule has 0 aliphatic carbocycles. The fourth-order valence-corrected chi connectivity index (χ4v) is 11.1. The van der Waals surface area contributed by atoms with Crippen LogP contribution in [0.15, 0.2) is 0 Å².